The second kappa shape index (κ2) is 6.79. The van der Waals surface area contributed by atoms with Crippen LogP contribution in [-0.4, -0.2) is 43.3 Å². The number of hydrogen-bond donors (Lipinski definition) is 1. The van der Waals surface area contributed by atoms with Crippen molar-refractivity contribution in [3.8, 4) is 0 Å². The van der Waals surface area contributed by atoms with Crippen LogP contribution in [0.4, 0.5) is 0 Å². The molecule has 4 heteroatoms. The zero-order valence-electron chi connectivity index (χ0n) is 7.67. The lowest BCUT2D eigenvalue weighted by Gasteiger charge is -2.16. The first-order valence-corrected chi connectivity index (χ1v) is 4.17. The fraction of sp³-hybridized carbons (Fsp3) is 0.750. The smallest absolute Gasteiger partial charge is 0.234 e. The van der Waals surface area contributed by atoms with Gasteiger partial charge in [-0.2, -0.15) is 0 Å². The topological polar surface area (TPSA) is 49.4 Å². The molecular weight excluding hydrogens is 156 g/mol. The molecule has 0 aliphatic carbocycles. The highest BCUT2D eigenvalue weighted by Crippen LogP contribution is 1.84. The third kappa shape index (κ3) is 4.85. The zero-order valence-corrected chi connectivity index (χ0v) is 7.67. The average Bonchev–Trinajstić information content (AvgIpc) is 2.10. The van der Waals surface area contributed by atoms with Crippen molar-refractivity contribution in [1.82, 2.24) is 10.2 Å². The van der Waals surface area contributed by atoms with Gasteiger partial charge in [0.25, 0.3) is 0 Å². The van der Waals surface area contributed by atoms with Gasteiger partial charge in [0.1, 0.15) is 6.29 Å². The van der Waals surface area contributed by atoms with Crippen LogP contribution in [0.5, 0.6) is 0 Å². The predicted molar refractivity (Wildman–Crippen MR) is 46.9 cm³/mol. The van der Waals surface area contributed by atoms with Crippen LogP contribution in [0.2, 0.25) is 0 Å². The fourth-order valence-electron chi connectivity index (χ4n) is 0.862. The lowest BCUT2D eigenvalue weighted by molar-refractivity contribution is -0.123. The van der Waals surface area contributed by atoms with Crippen LogP contribution in [0, 0.1) is 0 Å². The molecule has 0 aromatic rings. The Morgan fingerprint density at radius 3 is 2.42 bits per heavy atom. The lowest BCUT2D eigenvalue weighted by Crippen LogP contribution is -2.37. The summed E-state index contributed by atoms with van der Waals surface area (Å²) in [6.45, 7) is 6.18. The SMILES string of the molecule is CCN(CC)CC(=O)NCC=O. The molecule has 0 saturated heterocycles. The molecule has 1 amide bonds. The van der Waals surface area contributed by atoms with Crippen LogP contribution in [0.3, 0.4) is 0 Å². The molecule has 0 aliphatic heterocycles. The molecule has 0 heterocycles. The van der Waals surface area contributed by atoms with Gasteiger partial charge in [-0.1, -0.05) is 13.8 Å². The van der Waals surface area contributed by atoms with Crippen molar-refractivity contribution >= 4 is 12.2 Å². The largest absolute Gasteiger partial charge is 0.348 e. The molecule has 0 saturated carbocycles. The third-order valence-electron chi connectivity index (χ3n) is 1.64. The molecule has 4 nitrogen and oxygen atoms in total. The molecule has 0 bridgehead atoms. The first kappa shape index (κ1) is 11.1. The molecule has 0 aromatic heterocycles. The highest BCUT2D eigenvalue weighted by Gasteiger charge is 2.05. The van der Waals surface area contributed by atoms with Gasteiger partial charge in [0.15, 0.2) is 0 Å². The summed E-state index contributed by atoms with van der Waals surface area (Å²) in [6.07, 6.45) is 0.681. The summed E-state index contributed by atoms with van der Waals surface area (Å²) >= 11 is 0. The molecule has 0 spiro atoms. The first-order valence-electron chi connectivity index (χ1n) is 4.17. The van der Waals surface area contributed by atoms with Gasteiger partial charge >= 0.3 is 0 Å². The Hall–Kier alpha value is -0.900. The fourth-order valence-corrected chi connectivity index (χ4v) is 0.862. The maximum absolute atomic E-state index is 11.0. The molecule has 12 heavy (non-hydrogen) atoms. The number of nitrogens with zero attached hydrogens (tertiary/aromatic N) is 1. The number of rotatable bonds is 6. The number of nitrogens with one attached hydrogen (secondary N) is 1. The van der Waals surface area contributed by atoms with Gasteiger partial charge in [-0.3, -0.25) is 9.69 Å². The summed E-state index contributed by atoms with van der Waals surface area (Å²) in [5.41, 5.74) is 0. The van der Waals surface area contributed by atoms with Crippen LogP contribution in [0.25, 0.3) is 0 Å². The van der Waals surface area contributed by atoms with Crippen molar-refractivity contribution in [3.63, 3.8) is 0 Å². The van der Waals surface area contributed by atoms with E-state index in [1.807, 2.05) is 18.7 Å². The summed E-state index contributed by atoms with van der Waals surface area (Å²) < 4.78 is 0. The molecular formula is C8H16N2O2. The average molecular weight is 172 g/mol. The number of amides is 1. The van der Waals surface area contributed by atoms with Crippen molar-refractivity contribution in [2.24, 2.45) is 0 Å². The van der Waals surface area contributed by atoms with Gasteiger partial charge in [0, 0.05) is 0 Å². The van der Waals surface area contributed by atoms with Crippen molar-refractivity contribution in [1.29, 1.82) is 0 Å². The molecule has 0 fully saturated rings. The van der Waals surface area contributed by atoms with E-state index in [0.29, 0.717) is 12.8 Å². The van der Waals surface area contributed by atoms with E-state index in [2.05, 4.69) is 5.32 Å². The highest BCUT2D eigenvalue weighted by atomic mass is 16.2. The summed E-state index contributed by atoms with van der Waals surface area (Å²) in [7, 11) is 0. The van der Waals surface area contributed by atoms with Crippen LogP contribution >= 0.6 is 0 Å². The summed E-state index contributed by atoms with van der Waals surface area (Å²) in [4.78, 5) is 22.9. The number of hydrogen-bond acceptors (Lipinski definition) is 3. The monoisotopic (exact) mass is 172 g/mol. The minimum Gasteiger partial charge on any atom is -0.348 e. The standard InChI is InChI=1S/C8H16N2O2/c1-3-10(4-2)7-8(12)9-5-6-11/h6H,3-5,7H2,1-2H3,(H,9,12). The Kier molecular flexibility index (Phi) is 6.28. The van der Waals surface area contributed by atoms with Crippen molar-refractivity contribution in [2.45, 2.75) is 13.8 Å². The van der Waals surface area contributed by atoms with Gasteiger partial charge in [-0.25, -0.2) is 0 Å². The Morgan fingerprint density at radius 2 is 2.00 bits per heavy atom. The Bertz CT molecular complexity index is 144. The Balaban J connectivity index is 3.58. The lowest BCUT2D eigenvalue weighted by atomic mass is 10.4. The van der Waals surface area contributed by atoms with Crippen LogP contribution in [-0.2, 0) is 9.59 Å². The van der Waals surface area contributed by atoms with Crippen molar-refractivity contribution in [2.75, 3.05) is 26.2 Å². The van der Waals surface area contributed by atoms with E-state index in [4.69, 9.17) is 0 Å². The van der Waals surface area contributed by atoms with Crippen molar-refractivity contribution < 1.29 is 9.59 Å². The van der Waals surface area contributed by atoms with E-state index in [9.17, 15) is 9.59 Å². The number of aldehydes is 1. The zero-order chi connectivity index (χ0) is 9.40. The highest BCUT2D eigenvalue weighted by molar-refractivity contribution is 5.80. The minimum atomic E-state index is -0.0919. The Morgan fingerprint density at radius 1 is 1.42 bits per heavy atom. The second-order valence-electron chi connectivity index (χ2n) is 2.43. The van der Waals surface area contributed by atoms with E-state index in [0.717, 1.165) is 13.1 Å². The molecule has 0 unspecified atom stereocenters. The molecule has 0 rings (SSSR count). The van der Waals surface area contributed by atoms with Crippen LogP contribution < -0.4 is 5.32 Å². The molecule has 0 aliphatic rings. The number of likely N-dealkylation sites (N-methyl/N-ethyl adjacent to an activating group) is 1. The summed E-state index contributed by atoms with van der Waals surface area (Å²) in [6, 6.07) is 0. The predicted octanol–water partition coefficient (Wildman–Crippen LogP) is -0.357. The normalized spacial score (nSPS) is 9.92. The Labute approximate surface area is 72.9 Å². The summed E-state index contributed by atoms with van der Waals surface area (Å²) in [5.74, 6) is -0.0919. The van der Waals surface area contributed by atoms with E-state index >= 15 is 0 Å². The quantitative estimate of drug-likeness (QED) is 0.557. The number of carbonyl (C=O) groups is 2. The van der Waals surface area contributed by atoms with Gasteiger partial charge in [-0.15, -0.1) is 0 Å². The second-order valence-corrected chi connectivity index (χ2v) is 2.43. The molecule has 1 N–H and O–H groups in total. The van der Waals surface area contributed by atoms with Gasteiger partial charge in [0.05, 0.1) is 13.1 Å². The maximum Gasteiger partial charge on any atom is 0.234 e. The van der Waals surface area contributed by atoms with E-state index in [1.54, 1.807) is 0 Å². The minimum absolute atomic E-state index is 0.0919. The maximum atomic E-state index is 11.0. The molecule has 0 atom stereocenters. The van der Waals surface area contributed by atoms with Gasteiger partial charge < -0.3 is 10.1 Å². The van der Waals surface area contributed by atoms with E-state index < -0.39 is 0 Å². The third-order valence-corrected chi connectivity index (χ3v) is 1.64. The number of carbonyl (C=O) groups excluding carboxylic acids is 2. The molecule has 0 aromatic carbocycles. The first-order chi connectivity index (χ1) is 5.74. The molecule has 0 radical (unpaired) electrons. The van der Waals surface area contributed by atoms with Crippen LogP contribution in [0.15, 0.2) is 0 Å². The van der Waals surface area contributed by atoms with E-state index in [1.165, 1.54) is 0 Å². The van der Waals surface area contributed by atoms with Gasteiger partial charge in [-0.05, 0) is 13.1 Å². The van der Waals surface area contributed by atoms with Crippen LogP contribution in [0.1, 0.15) is 13.8 Å². The van der Waals surface area contributed by atoms with Crippen molar-refractivity contribution in [3.05, 3.63) is 0 Å². The van der Waals surface area contributed by atoms with E-state index in [-0.39, 0.29) is 12.5 Å². The molecule has 70 valence electrons. The van der Waals surface area contributed by atoms with Gasteiger partial charge in [0.2, 0.25) is 5.91 Å². The summed E-state index contributed by atoms with van der Waals surface area (Å²) in [5, 5.41) is 2.48.